The molecule has 1 amide bonds. The molecule has 0 radical (unpaired) electrons. The maximum absolute atomic E-state index is 12.3. The standard InChI is InChI=1S/C22H23NO5S/c1-2-27-21(25)14-22(26)29-20-13-12-19(24)23(20)15-16-8-10-18(11-9-16)28-17-6-4-3-5-7-17/h3-11,20H,2,12-15H2,1H3. The van der Waals surface area contributed by atoms with Crippen molar-refractivity contribution in [3.8, 4) is 11.5 Å². The Morgan fingerprint density at radius 1 is 1.07 bits per heavy atom. The normalized spacial score (nSPS) is 16.0. The fourth-order valence-corrected chi connectivity index (χ4v) is 4.09. The minimum Gasteiger partial charge on any atom is -0.466 e. The number of carbonyl (C=O) groups is 3. The number of hydrogen-bond donors (Lipinski definition) is 0. The van der Waals surface area contributed by atoms with Gasteiger partial charge in [-0.15, -0.1) is 0 Å². The first-order chi connectivity index (χ1) is 14.0. The van der Waals surface area contributed by atoms with Crippen LogP contribution in [0.1, 0.15) is 31.7 Å². The molecule has 1 aliphatic rings. The number of nitrogens with zero attached hydrogens (tertiary/aromatic N) is 1. The van der Waals surface area contributed by atoms with Gasteiger partial charge in [0.25, 0.3) is 0 Å². The lowest BCUT2D eigenvalue weighted by molar-refractivity contribution is -0.144. The number of amides is 1. The number of carbonyl (C=O) groups excluding carboxylic acids is 3. The molecule has 3 rings (SSSR count). The topological polar surface area (TPSA) is 72.9 Å². The van der Waals surface area contributed by atoms with Gasteiger partial charge in [0, 0.05) is 13.0 Å². The van der Waals surface area contributed by atoms with E-state index < -0.39 is 5.97 Å². The van der Waals surface area contributed by atoms with Gasteiger partial charge in [0.15, 0.2) is 0 Å². The summed E-state index contributed by atoms with van der Waals surface area (Å²) in [5.74, 6) is 0.945. The van der Waals surface area contributed by atoms with Crippen LogP contribution >= 0.6 is 11.8 Å². The summed E-state index contributed by atoms with van der Waals surface area (Å²) in [4.78, 5) is 37.6. The van der Waals surface area contributed by atoms with E-state index in [1.165, 1.54) is 0 Å². The Balaban J connectivity index is 1.58. The van der Waals surface area contributed by atoms with Crippen LogP contribution < -0.4 is 4.74 Å². The molecule has 2 aromatic carbocycles. The van der Waals surface area contributed by atoms with Crippen molar-refractivity contribution >= 4 is 28.8 Å². The zero-order valence-electron chi connectivity index (χ0n) is 16.2. The van der Waals surface area contributed by atoms with E-state index in [4.69, 9.17) is 9.47 Å². The van der Waals surface area contributed by atoms with Crippen LogP contribution in [0, 0.1) is 0 Å². The van der Waals surface area contributed by atoms with Crippen LogP contribution in [0.2, 0.25) is 0 Å². The number of para-hydroxylation sites is 1. The van der Waals surface area contributed by atoms with E-state index in [0.29, 0.717) is 25.1 Å². The smallest absolute Gasteiger partial charge is 0.314 e. The Bertz CT molecular complexity index is 853. The number of ether oxygens (including phenoxy) is 2. The third-order valence-corrected chi connectivity index (χ3v) is 5.56. The van der Waals surface area contributed by atoms with Crippen molar-refractivity contribution in [3.63, 3.8) is 0 Å². The van der Waals surface area contributed by atoms with Gasteiger partial charge in [0.2, 0.25) is 11.0 Å². The van der Waals surface area contributed by atoms with E-state index in [1.54, 1.807) is 11.8 Å². The predicted molar refractivity (Wildman–Crippen MR) is 110 cm³/mol. The second-order valence-corrected chi connectivity index (χ2v) is 7.78. The average Bonchev–Trinajstić information content (AvgIpc) is 3.03. The van der Waals surface area contributed by atoms with Gasteiger partial charge in [-0.3, -0.25) is 14.4 Å². The minimum atomic E-state index is -0.533. The summed E-state index contributed by atoms with van der Waals surface area (Å²) in [6, 6.07) is 17.0. The largest absolute Gasteiger partial charge is 0.466 e. The maximum atomic E-state index is 12.3. The number of likely N-dealkylation sites (tertiary alicyclic amines) is 1. The van der Waals surface area contributed by atoms with Gasteiger partial charge < -0.3 is 14.4 Å². The van der Waals surface area contributed by atoms with Crippen LogP contribution in [0.4, 0.5) is 0 Å². The molecular formula is C22H23NO5S. The van der Waals surface area contributed by atoms with Gasteiger partial charge in [-0.25, -0.2) is 0 Å². The molecule has 0 saturated carbocycles. The molecule has 0 N–H and O–H groups in total. The molecule has 1 saturated heterocycles. The Hall–Kier alpha value is -2.80. The summed E-state index contributed by atoms with van der Waals surface area (Å²) < 4.78 is 10.6. The molecular weight excluding hydrogens is 390 g/mol. The number of benzene rings is 2. The molecule has 0 bridgehead atoms. The first-order valence-electron chi connectivity index (χ1n) is 9.51. The molecule has 1 atom stereocenters. The molecule has 0 aliphatic carbocycles. The van der Waals surface area contributed by atoms with Crippen molar-refractivity contribution in [2.75, 3.05) is 6.61 Å². The maximum Gasteiger partial charge on any atom is 0.314 e. The molecule has 7 heteroatoms. The van der Waals surface area contributed by atoms with Gasteiger partial charge in [0.05, 0.1) is 12.0 Å². The molecule has 1 heterocycles. The van der Waals surface area contributed by atoms with Gasteiger partial charge in [0.1, 0.15) is 17.9 Å². The molecule has 0 aromatic heterocycles. The van der Waals surface area contributed by atoms with E-state index in [0.717, 1.165) is 23.1 Å². The first kappa shape index (κ1) is 20.9. The summed E-state index contributed by atoms with van der Waals surface area (Å²) in [6.07, 6.45) is 0.718. The molecule has 152 valence electrons. The van der Waals surface area contributed by atoms with Crippen molar-refractivity contribution in [2.45, 2.75) is 38.1 Å². The summed E-state index contributed by atoms with van der Waals surface area (Å²) in [6.45, 7) is 2.35. The van der Waals surface area contributed by atoms with E-state index in [9.17, 15) is 14.4 Å². The van der Waals surface area contributed by atoms with Crippen LogP contribution in [-0.2, 0) is 25.7 Å². The highest BCUT2D eigenvalue weighted by Gasteiger charge is 2.33. The van der Waals surface area contributed by atoms with E-state index >= 15 is 0 Å². The highest BCUT2D eigenvalue weighted by molar-refractivity contribution is 8.14. The average molecular weight is 413 g/mol. The van der Waals surface area contributed by atoms with Crippen LogP contribution in [0.25, 0.3) is 0 Å². The summed E-state index contributed by atoms with van der Waals surface area (Å²) >= 11 is 1.04. The second-order valence-electron chi connectivity index (χ2n) is 6.55. The Labute approximate surface area is 174 Å². The molecule has 29 heavy (non-hydrogen) atoms. The van der Waals surface area contributed by atoms with Crippen LogP contribution in [0.3, 0.4) is 0 Å². The molecule has 1 fully saturated rings. The lowest BCUT2D eigenvalue weighted by atomic mass is 10.2. The van der Waals surface area contributed by atoms with E-state index in [1.807, 2.05) is 54.6 Å². The molecule has 1 unspecified atom stereocenters. The third-order valence-electron chi connectivity index (χ3n) is 4.39. The number of hydrogen-bond acceptors (Lipinski definition) is 6. The van der Waals surface area contributed by atoms with Gasteiger partial charge in [-0.05, 0) is 43.2 Å². The van der Waals surface area contributed by atoms with Crippen LogP contribution in [-0.4, -0.2) is 33.9 Å². The summed E-state index contributed by atoms with van der Waals surface area (Å²) in [7, 11) is 0. The van der Waals surface area contributed by atoms with Crippen LogP contribution in [0.15, 0.2) is 54.6 Å². The first-order valence-corrected chi connectivity index (χ1v) is 10.4. The van der Waals surface area contributed by atoms with Crippen molar-refractivity contribution in [1.29, 1.82) is 0 Å². The highest BCUT2D eigenvalue weighted by Crippen LogP contribution is 2.31. The van der Waals surface area contributed by atoms with Crippen LogP contribution in [0.5, 0.6) is 11.5 Å². The molecule has 2 aromatic rings. The second kappa shape index (κ2) is 10.1. The lowest BCUT2D eigenvalue weighted by Crippen LogP contribution is -2.31. The van der Waals surface area contributed by atoms with Crippen molar-refractivity contribution < 1.29 is 23.9 Å². The van der Waals surface area contributed by atoms with Crippen molar-refractivity contribution in [3.05, 3.63) is 60.2 Å². The van der Waals surface area contributed by atoms with E-state index in [-0.39, 0.29) is 29.4 Å². The zero-order chi connectivity index (χ0) is 20.6. The molecule has 6 nitrogen and oxygen atoms in total. The predicted octanol–water partition coefficient (Wildman–Crippen LogP) is 4.14. The summed E-state index contributed by atoms with van der Waals surface area (Å²) in [5.41, 5.74) is 0.948. The van der Waals surface area contributed by atoms with Gasteiger partial charge in [-0.2, -0.15) is 0 Å². The zero-order valence-corrected chi connectivity index (χ0v) is 17.0. The fourth-order valence-electron chi connectivity index (χ4n) is 3.03. The Morgan fingerprint density at radius 3 is 2.45 bits per heavy atom. The fraction of sp³-hybridized carbons (Fsp3) is 0.318. The molecule has 0 spiro atoms. The minimum absolute atomic E-state index is 0.0102. The quantitative estimate of drug-likeness (QED) is 0.478. The number of rotatable bonds is 8. The third kappa shape index (κ3) is 6.09. The van der Waals surface area contributed by atoms with Gasteiger partial charge >= 0.3 is 5.97 Å². The highest BCUT2D eigenvalue weighted by atomic mass is 32.2. The van der Waals surface area contributed by atoms with E-state index in [2.05, 4.69) is 0 Å². The van der Waals surface area contributed by atoms with Gasteiger partial charge in [-0.1, -0.05) is 42.1 Å². The molecule has 1 aliphatic heterocycles. The monoisotopic (exact) mass is 413 g/mol. The number of thioether (sulfide) groups is 1. The lowest BCUT2D eigenvalue weighted by Gasteiger charge is -2.24. The summed E-state index contributed by atoms with van der Waals surface area (Å²) in [5, 5.41) is -0.538. The Kier molecular flexibility index (Phi) is 7.30. The Morgan fingerprint density at radius 2 is 1.76 bits per heavy atom. The number of esters is 1. The van der Waals surface area contributed by atoms with Crippen molar-refractivity contribution in [1.82, 2.24) is 4.90 Å². The SMILES string of the molecule is CCOC(=O)CC(=O)SC1CCC(=O)N1Cc1ccc(Oc2ccccc2)cc1. The van der Waals surface area contributed by atoms with Crippen molar-refractivity contribution in [2.24, 2.45) is 0 Å².